The van der Waals surface area contributed by atoms with E-state index in [4.69, 9.17) is 4.74 Å². The van der Waals surface area contributed by atoms with Crippen LogP contribution in [0.2, 0.25) is 0 Å². The molecule has 0 aromatic heterocycles. The van der Waals surface area contributed by atoms with Gasteiger partial charge in [0.1, 0.15) is 0 Å². The average molecular weight is 199 g/mol. The van der Waals surface area contributed by atoms with Crippen molar-refractivity contribution in [2.45, 2.75) is 31.8 Å². The normalized spacial score (nSPS) is 44.1. The van der Waals surface area contributed by atoms with Crippen molar-refractivity contribution in [2.24, 2.45) is 11.8 Å². The van der Waals surface area contributed by atoms with Gasteiger partial charge in [-0.2, -0.15) is 0 Å². The Morgan fingerprint density at radius 2 is 2.43 bits per heavy atom. The molecule has 3 heteroatoms. The molecule has 14 heavy (non-hydrogen) atoms. The molecule has 2 aliphatic rings. The summed E-state index contributed by atoms with van der Waals surface area (Å²) in [6.07, 6.45) is 2.98. The van der Waals surface area contributed by atoms with E-state index < -0.39 is 5.60 Å². The van der Waals surface area contributed by atoms with Gasteiger partial charge in [0, 0.05) is 25.0 Å². The van der Waals surface area contributed by atoms with Crippen LogP contribution in [0.25, 0.3) is 0 Å². The minimum absolute atomic E-state index is 0.370. The molecule has 0 bridgehead atoms. The predicted octanol–water partition coefficient (Wildman–Crippen LogP) is 0.773. The van der Waals surface area contributed by atoms with Crippen molar-refractivity contribution in [3.05, 3.63) is 0 Å². The molecule has 0 aliphatic carbocycles. The SMILES string of the molecule is CCC1CNCCC1(O)C1CCOC1. The fourth-order valence-corrected chi connectivity index (χ4v) is 2.91. The molecule has 82 valence electrons. The Balaban J connectivity index is 2.08. The molecule has 0 aromatic rings. The third-order valence-corrected chi connectivity index (χ3v) is 3.93. The number of ether oxygens (including phenoxy) is 1. The lowest BCUT2D eigenvalue weighted by Gasteiger charge is -2.43. The summed E-state index contributed by atoms with van der Waals surface area (Å²) in [5.74, 6) is 0.775. The molecule has 2 rings (SSSR count). The molecule has 0 radical (unpaired) electrons. The van der Waals surface area contributed by atoms with Crippen LogP contribution in [0.1, 0.15) is 26.2 Å². The monoisotopic (exact) mass is 199 g/mol. The standard InChI is InChI=1S/C11H21NO2/c1-2-9-7-12-5-4-11(9,13)10-3-6-14-8-10/h9-10,12-13H,2-8H2,1H3. The highest BCUT2D eigenvalue weighted by atomic mass is 16.5. The quantitative estimate of drug-likeness (QED) is 0.690. The van der Waals surface area contributed by atoms with Crippen LogP contribution in [0.15, 0.2) is 0 Å². The summed E-state index contributed by atoms with van der Waals surface area (Å²) in [7, 11) is 0. The predicted molar refractivity (Wildman–Crippen MR) is 55.1 cm³/mol. The van der Waals surface area contributed by atoms with E-state index in [1.807, 2.05) is 0 Å². The first-order valence-corrected chi connectivity index (χ1v) is 5.78. The van der Waals surface area contributed by atoms with Gasteiger partial charge in [-0.05, 0) is 25.8 Å². The highest BCUT2D eigenvalue weighted by Crippen LogP contribution is 2.38. The van der Waals surface area contributed by atoms with E-state index in [0.717, 1.165) is 45.6 Å². The van der Waals surface area contributed by atoms with Gasteiger partial charge < -0.3 is 15.2 Å². The Morgan fingerprint density at radius 3 is 3.07 bits per heavy atom. The largest absolute Gasteiger partial charge is 0.389 e. The smallest absolute Gasteiger partial charge is 0.0750 e. The minimum atomic E-state index is -0.462. The van der Waals surface area contributed by atoms with Gasteiger partial charge in [-0.1, -0.05) is 6.92 Å². The second kappa shape index (κ2) is 4.17. The van der Waals surface area contributed by atoms with Gasteiger partial charge in [0.15, 0.2) is 0 Å². The molecular weight excluding hydrogens is 178 g/mol. The lowest BCUT2D eigenvalue weighted by atomic mass is 9.71. The van der Waals surface area contributed by atoms with E-state index in [2.05, 4.69) is 12.2 Å². The summed E-state index contributed by atoms with van der Waals surface area (Å²) in [4.78, 5) is 0. The summed E-state index contributed by atoms with van der Waals surface area (Å²) < 4.78 is 5.39. The second-order valence-electron chi connectivity index (χ2n) is 4.61. The molecule has 3 unspecified atom stereocenters. The van der Waals surface area contributed by atoms with Gasteiger partial charge in [-0.25, -0.2) is 0 Å². The summed E-state index contributed by atoms with van der Waals surface area (Å²) in [6, 6.07) is 0. The van der Waals surface area contributed by atoms with Crippen molar-refractivity contribution in [1.82, 2.24) is 5.32 Å². The number of hydrogen-bond acceptors (Lipinski definition) is 3. The summed E-state index contributed by atoms with van der Waals surface area (Å²) >= 11 is 0. The molecule has 2 saturated heterocycles. The van der Waals surface area contributed by atoms with E-state index >= 15 is 0 Å². The zero-order chi connectivity index (χ0) is 10.0. The fourth-order valence-electron chi connectivity index (χ4n) is 2.91. The highest BCUT2D eigenvalue weighted by Gasteiger charge is 2.45. The van der Waals surface area contributed by atoms with Crippen LogP contribution < -0.4 is 5.32 Å². The lowest BCUT2D eigenvalue weighted by molar-refractivity contribution is -0.0899. The van der Waals surface area contributed by atoms with Crippen molar-refractivity contribution in [3.8, 4) is 0 Å². The van der Waals surface area contributed by atoms with Crippen LogP contribution >= 0.6 is 0 Å². The topological polar surface area (TPSA) is 41.5 Å². The van der Waals surface area contributed by atoms with Crippen molar-refractivity contribution < 1.29 is 9.84 Å². The third kappa shape index (κ3) is 1.69. The molecule has 0 spiro atoms. The van der Waals surface area contributed by atoms with Crippen molar-refractivity contribution in [2.75, 3.05) is 26.3 Å². The van der Waals surface area contributed by atoms with Gasteiger partial charge >= 0.3 is 0 Å². The number of hydrogen-bond donors (Lipinski definition) is 2. The second-order valence-corrected chi connectivity index (χ2v) is 4.61. The summed E-state index contributed by atoms with van der Waals surface area (Å²) in [6.45, 7) is 5.66. The van der Waals surface area contributed by atoms with E-state index in [0.29, 0.717) is 11.8 Å². The van der Waals surface area contributed by atoms with E-state index in [1.165, 1.54) is 0 Å². The van der Waals surface area contributed by atoms with Crippen LogP contribution in [-0.4, -0.2) is 37.0 Å². The fraction of sp³-hybridized carbons (Fsp3) is 1.00. The number of nitrogens with one attached hydrogen (secondary N) is 1. The van der Waals surface area contributed by atoms with Crippen LogP contribution in [0.5, 0.6) is 0 Å². The van der Waals surface area contributed by atoms with Crippen molar-refractivity contribution in [1.29, 1.82) is 0 Å². The zero-order valence-electron chi connectivity index (χ0n) is 8.96. The maximum absolute atomic E-state index is 10.7. The molecule has 2 N–H and O–H groups in total. The van der Waals surface area contributed by atoms with Crippen LogP contribution in [-0.2, 0) is 4.74 Å². The van der Waals surface area contributed by atoms with Gasteiger partial charge in [0.25, 0.3) is 0 Å². The average Bonchev–Trinajstić information content (AvgIpc) is 2.72. The Morgan fingerprint density at radius 1 is 1.57 bits per heavy atom. The maximum atomic E-state index is 10.7. The molecule has 3 atom stereocenters. The molecule has 0 amide bonds. The first-order valence-electron chi connectivity index (χ1n) is 5.78. The van der Waals surface area contributed by atoms with E-state index in [9.17, 15) is 5.11 Å². The molecule has 2 fully saturated rings. The number of piperidine rings is 1. The lowest BCUT2D eigenvalue weighted by Crippen LogP contribution is -2.54. The highest BCUT2D eigenvalue weighted by molar-refractivity contribution is 4.97. The first kappa shape index (κ1) is 10.4. The van der Waals surface area contributed by atoms with Crippen molar-refractivity contribution >= 4 is 0 Å². The zero-order valence-corrected chi connectivity index (χ0v) is 8.96. The Kier molecular flexibility index (Phi) is 3.10. The Labute approximate surface area is 85.8 Å². The molecule has 3 nitrogen and oxygen atoms in total. The first-order chi connectivity index (χ1) is 6.77. The summed E-state index contributed by atoms with van der Waals surface area (Å²) in [5, 5.41) is 14.1. The number of aliphatic hydroxyl groups is 1. The summed E-state index contributed by atoms with van der Waals surface area (Å²) in [5.41, 5.74) is -0.462. The Hall–Kier alpha value is -0.120. The molecular formula is C11H21NO2. The number of rotatable bonds is 2. The minimum Gasteiger partial charge on any atom is -0.389 e. The van der Waals surface area contributed by atoms with Crippen LogP contribution in [0.4, 0.5) is 0 Å². The van der Waals surface area contributed by atoms with Crippen molar-refractivity contribution in [3.63, 3.8) is 0 Å². The molecule has 2 heterocycles. The third-order valence-electron chi connectivity index (χ3n) is 3.93. The van der Waals surface area contributed by atoms with E-state index in [1.54, 1.807) is 0 Å². The van der Waals surface area contributed by atoms with Gasteiger partial charge in [-0.15, -0.1) is 0 Å². The maximum Gasteiger partial charge on any atom is 0.0750 e. The Bertz CT molecular complexity index is 188. The van der Waals surface area contributed by atoms with Gasteiger partial charge in [0.05, 0.1) is 12.2 Å². The molecule has 2 aliphatic heterocycles. The van der Waals surface area contributed by atoms with Gasteiger partial charge in [-0.3, -0.25) is 0 Å². The van der Waals surface area contributed by atoms with Crippen LogP contribution in [0.3, 0.4) is 0 Å². The van der Waals surface area contributed by atoms with E-state index in [-0.39, 0.29) is 0 Å². The van der Waals surface area contributed by atoms with Gasteiger partial charge in [0.2, 0.25) is 0 Å². The van der Waals surface area contributed by atoms with Crippen LogP contribution in [0, 0.1) is 11.8 Å². The molecule has 0 saturated carbocycles. The molecule has 0 aromatic carbocycles.